The Bertz CT molecular complexity index is 1450. The van der Waals surface area contributed by atoms with Crippen molar-refractivity contribution in [2.75, 3.05) is 13.2 Å². The number of unbranched alkanes of at least 4 members (excludes halogenated alkanes) is 57. The molecule has 2 unspecified atom stereocenters. The quantitative estimate of drug-likeness (QED) is 0.0320. The number of allylic oxidation sites excluding steroid dienone is 7. The van der Waals surface area contributed by atoms with Crippen LogP contribution in [0.25, 0.3) is 0 Å². The summed E-state index contributed by atoms with van der Waals surface area (Å²) in [5.74, 6) is -0.0540. The third-order valence-electron chi connectivity index (χ3n) is 18.3. The molecule has 0 aliphatic heterocycles. The van der Waals surface area contributed by atoms with E-state index in [0.717, 1.165) is 51.4 Å². The van der Waals surface area contributed by atoms with Gasteiger partial charge in [0.05, 0.1) is 25.4 Å². The van der Waals surface area contributed by atoms with E-state index in [2.05, 4.69) is 55.6 Å². The average Bonchev–Trinajstić information content (AvgIpc) is 3.54. The van der Waals surface area contributed by atoms with Gasteiger partial charge in [-0.3, -0.25) is 9.59 Å². The van der Waals surface area contributed by atoms with Gasteiger partial charge in [0.2, 0.25) is 5.91 Å². The molecule has 3 N–H and O–H groups in total. The first-order valence-corrected chi connectivity index (χ1v) is 39.4. The van der Waals surface area contributed by atoms with Crippen LogP contribution in [0.4, 0.5) is 0 Å². The monoisotopic (exact) mass is 1220 g/mol. The van der Waals surface area contributed by atoms with Gasteiger partial charge in [0, 0.05) is 12.8 Å². The van der Waals surface area contributed by atoms with Crippen LogP contribution in [-0.2, 0) is 14.3 Å². The lowest BCUT2D eigenvalue weighted by Gasteiger charge is -2.20. The molecule has 0 spiro atoms. The summed E-state index contributed by atoms with van der Waals surface area (Å²) < 4.78 is 5.48. The van der Waals surface area contributed by atoms with E-state index in [4.69, 9.17) is 4.74 Å². The number of nitrogens with one attached hydrogen (secondary N) is 1. The highest BCUT2D eigenvalue weighted by molar-refractivity contribution is 5.76. The Morgan fingerprint density at radius 1 is 0.322 bits per heavy atom. The van der Waals surface area contributed by atoms with Crippen molar-refractivity contribution in [3.63, 3.8) is 0 Å². The highest BCUT2D eigenvalue weighted by Crippen LogP contribution is 2.19. The van der Waals surface area contributed by atoms with Gasteiger partial charge in [-0.25, -0.2) is 0 Å². The maximum atomic E-state index is 12.5. The largest absolute Gasteiger partial charge is 0.466 e. The van der Waals surface area contributed by atoms with Crippen LogP contribution in [0.2, 0.25) is 0 Å². The Labute approximate surface area is 544 Å². The predicted octanol–water partition coefficient (Wildman–Crippen LogP) is 26.0. The molecule has 0 aromatic rings. The number of aliphatic hydroxyl groups is 2. The van der Waals surface area contributed by atoms with Crippen LogP contribution in [0.3, 0.4) is 0 Å². The highest BCUT2D eigenvalue weighted by Gasteiger charge is 2.18. The van der Waals surface area contributed by atoms with Crippen LogP contribution in [-0.4, -0.2) is 47.4 Å². The first-order chi connectivity index (χ1) is 43.0. The topological polar surface area (TPSA) is 95.9 Å². The minimum absolute atomic E-state index is 0.00608. The second kappa shape index (κ2) is 76.3. The van der Waals surface area contributed by atoms with Crippen LogP contribution in [0.5, 0.6) is 0 Å². The zero-order chi connectivity index (χ0) is 62.8. The molecule has 6 nitrogen and oxygen atoms in total. The lowest BCUT2D eigenvalue weighted by atomic mass is 10.0. The normalized spacial score (nSPS) is 12.7. The second-order valence-corrected chi connectivity index (χ2v) is 27.0. The third-order valence-corrected chi connectivity index (χ3v) is 18.3. The summed E-state index contributed by atoms with van der Waals surface area (Å²) in [7, 11) is 0. The Kier molecular flexibility index (Phi) is 74.4. The molecule has 0 heterocycles. The fourth-order valence-corrected chi connectivity index (χ4v) is 12.3. The fourth-order valence-electron chi connectivity index (χ4n) is 12.3. The summed E-state index contributed by atoms with van der Waals surface area (Å²) in [6.45, 7) is 4.88. The Balaban J connectivity index is 3.36. The number of hydrogen-bond acceptors (Lipinski definition) is 5. The van der Waals surface area contributed by atoms with Crippen molar-refractivity contribution in [3.05, 3.63) is 48.6 Å². The van der Waals surface area contributed by atoms with Crippen molar-refractivity contribution in [3.8, 4) is 0 Å². The van der Waals surface area contributed by atoms with Gasteiger partial charge in [-0.15, -0.1) is 0 Å². The molecule has 512 valence electrons. The van der Waals surface area contributed by atoms with Crippen molar-refractivity contribution in [1.82, 2.24) is 5.32 Å². The van der Waals surface area contributed by atoms with Gasteiger partial charge in [-0.05, 0) is 83.5 Å². The molecule has 0 fully saturated rings. The maximum absolute atomic E-state index is 12.5. The van der Waals surface area contributed by atoms with Gasteiger partial charge in [-0.2, -0.15) is 0 Å². The van der Waals surface area contributed by atoms with Gasteiger partial charge in [0.1, 0.15) is 0 Å². The summed E-state index contributed by atoms with van der Waals surface area (Å²) in [6.07, 6.45) is 101. The van der Waals surface area contributed by atoms with Crippen LogP contribution >= 0.6 is 0 Å². The lowest BCUT2D eigenvalue weighted by molar-refractivity contribution is -0.143. The molecular formula is C81H153NO5. The molecule has 0 rings (SSSR count). The van der Waals surface area contributed by atoms with E-state index < -0.39 is 12.1 Å². The van der Waals surface area contributed by atoms with Crippen LogP contribution in [0, 0.1) is 0 Å². The first kappa shape index (κ1) is 84.8. The Hall–Kier alpha value is -2.18. The predicted molar refractivity (Wildman–Crippen MR) is 384 cm³/mol. The van der Waals surface area contributed by atoms with Gasteiger partial charge >= 0.3 is 5.97 Å². The van der Waals surface area contributed by atoms with E-state index in [-0.39, 0.29) is 18.5 Å². The highest BCUT2D eigenvalue weighted by atomic mass is 16.5. The zero-order valence-corrected chi connectivity index (χ0v) is 58.8. The van der Waals surface area contributed by atoms with Crippen LogP contribution in [0.1, 0.15) is 431 Å². The number of aliphatic hydroxyl groups excluding tert-OH is 2. The fraction of sp³-hybridized carbons (Fsp3) is 0.877. The van der Waals surface area contributed by atoms with E-state index >= 15 is 0 Å². The molecule has 0 aromatic carbocycles. The van der Waals surface area contributed by atoms with Gasteiger partial charge < -0.3 is 20.3 Å². The second-order valence-electron chi connectivity index (χ2n) is 27.0. The summed E-state index contributed by atoms with van der Waals surface area (Å²) in [5, 5.41) is 23.3. The van der Waals surface area contributed by atoms with Crippen molar-refractivity contribution in [2.24, 2.45) is 0 Å². The lowest BCUT2D eigenvalue weighted by Crippen LogP contribution is -2.45. The summed E-state index contributed by atoms with van der Waals surface area (Å²) in [5.41, 5.74) is 0. The minimum atomic E-state index is -0.843. The van der Waals surface area contributed by atoms with E-state index in [9.17, 15) is 19.8 Å². The smallest absolute Gasteiger partial charge is 0.305 e. The van der Waals surface area contributed by atoms with Crippen LogP contribution in [0.15, 0.2) is 48.6 Å². The maximum Gasteiger partial charge on any atom is 0.305 e. The van der Waals surface area contributed by atoms with Gasteiger partial charge in [0.25, 0.3) is 0 Å². The number of ether oxygens (including phenoxy) is 1. The molecular weight excluding hydrogens is 1070 g/mol. The molecule has 0 saturated carbocycles. The van der Waals surface area contributed by atoms with Crippen molar-refractivity contribution >= 4 is 11.9 Å². The molecule has 0 radical (unpaired) electrons. The number of rotatable bonds is 74. The molecule has 0 aliphatic carbocycles. The van der Waals surface area contributed by atoms with Crippen molar-refractivity contribution in [1.29, 1.82) is 0 Å². The van der Waals surface area contributed by atoms with E-state index in [1.54, 1.807) is 6.08 Å². The van der Waals surface area contributed by atoms with E-state index in [0.29, 0.717) is 19.4 Å². The SMILES string of the molecule is CCC/C=C\C/C=C\CCCCCCCC(=O)OCCCCCCCCCCCCCCCCCC/C=C\CCCCCCCCCCCCCCCCCCCC(=O)NC(CO)C(O)/C=C/CCCCCCCCCCCCCCCCCCCC. The van der Waals surface area contributed by atoms with E-state index in [1.165, 1.54) is 353 Å². The molecule has 0 aromatic heterocycles. The average molecular weight is 1220 g/mol. The summed E-state index contributed by atoms with van der Waals surface area (Å²) in [4.78, 5) is 24.6. The summed E-state index contributed by atoms with van der Waals surface area (Å²) in [6, 6.07) is -0.626. The summed E-state index contributed by atoms with van der Waals surface area (Å²) >= 11 is 0. The number of carbonyl (C=O) groups is 2. The van der Waals surface area contributed by atoms with Gasteiger partial charge in [-0.1, -0.05) is 383 Å². The number of amides is 1. The van der Waals surface area contributed by atoms with Gasteiger partial charge in [0.15, 0.2) is 0 Å². The number of carbonyl (C=O) groups excluding carboxylic acids is 2. The van der Waals surface area contributed by atoms with Crippen molar-refractivity contribution in [2.45, 2.75) is 443 Å². The first-order valence-electron chi connectivity index (χ1n) is 39.4. The molecule has 0 saturated heterocycles. The number of esters is 1. The minimum Gasteiger partial charge on any atom is -0.466 e. The Morgan fingerprint density at radius 2 is 0.598 bits per heavy atom. The molecule has 0 aliphatic rings. The molecule has 0 bridgehead atoms. The Morgan fingerprint density at radius 3 is 0.931 bits per heavy atom. The standard InChI is InChI=1S/C81H153NO5/c1-3-5-7-9-11-13-15-17-18-19-20-40-43-46-50-53-57-61-65-69-73-79(84)78(77-83)82-80(85)74-70-66-62-58-54-51-47-44-41-38-36-34-32-30-28-26-24-22-21-23-25-27-29-31-33-35-37-39-42-45-48-52-56-60-64-68-72-76-87-81(86)75-71-67-63-59-55-49-16-14-12-10-8-6-4-2/h8,10,14,16,21,23,69,73,78-79,83-84H,3-7,9,11-13,15,17-20,22,24-68,70-72,74-77H2,1-2H3,(H,82,85)/b10-8-,16-14-,23-21-,73-69+. The van der Waals surface area contributed by atoms with Crippen LogP contribution < -0.4 is 5.32 Å². The molecule has 6 heteroatoms. The molecule has 2 atom stereocenters. The van der Waals surface area contributed by atoms with E-state index in [1.807, 2.05) is 6.08 Å². The van der Waals surface area contributed by atoms with Crippen molar-refractivity contribution < 1.29 is 24.5 Å². The molecule has 1 amide bonds. The third kappa shape index (κ3) is 72.8. The molecule has 87 heavy (non-hydrogen) atoms. The number of hydrogen-bond donors (Lipinski definition) is 3. The zero-order valence-electron chi connectivity index (χ0n) is 58.8.